The highest BCUT2D eigenvalue weighted by molar-refractivity contribution is 6.30. The third-order valence-electron chi connectivity index (χ3n) is 1.73. The number of hydrogen-bond donors (Lipinski definition) is 1. The monoisotopic (exact) mass is 167 g/mol. The van der Waals surface area contributed by atoms with Gasteiger partial charge in [0, 0.05) is 6.04 Å². The third kappa shape index (κ3) is 1.99. The molecular formula is C6H11Cl2N. The van der Waals surface area contributed by atoms with Crippen molar-refractivity contribution in [3.8, 4) is 0 Å². The highest BCUT2D eigenvalue weighted by Gasteiger charge is 2.24. The first kappa shape index (κ1) is 7.64. The number of alkyl halides is 2. The summed E-state index contributed by atoms with van der Waals surface area (Å²) in [5.41, 5.74) is 5.64. The van der Waals surface area contributed by atoms with E-state index in [1.165, 1.54) is 0 Å². The molecule has 54 valence electrons. The van der Waals surface area contributed by atoms with E-state index in [0.29, 0.717) is 0 Å². The minimum absolute atomic E-state index is 0.0930. The Labute approximate surface area is 65.5 Å². The van der Waals surface area contributed by atoms with Crippen LogP contribution in [0.3, 0.4) is 0 Å². The van der Waals surface area contributed by atoms with Gasteiger partial charge in [0.05, 0.1) is 10.8 Å². The van der Waals surface area contributed by atoms with Crippen molar-refractivity contribution in [3.63, 3.8) is 0 Å². The summed E-state index contributed by atoms with van der Waals surface area (Å²) in [4.78, 5) is 0. The second kappa shape index (κ2) is 3.09. The van der Waals surface area contributed by atoms with E-state index in [4.69, 9.17) is 28.9 Å². The summed E-state index contributed by atoms with van der Waals surface area (Å²) in [5, 5.41) is 0.238. The Hall–Kier alpha value is 0.540. The molecule has 0 aromatic rings. The van der Waals surface area contributed by atoms with Crippen LogP contribution in [-0.2, 0) is 0 Å². The molecule has 1 fully saturated rings. The molecule has 1 aliphatic rings. The van der Waals surface area contributed by atoms with Crippen LogP contribution in [0.25, 0.3) is 0 Å². The van der Waals surface area contributed by atoms with E-state index >= 15 is 0 Å². The Bertz CT molecular complexity index is 97.1. The summed E-state index contributed by atoms with van der Waals surface area (Å²) in [6.45, 7) is 0. The second-order valence-corrected chi connectivity index (χ2v) is 3.73. The summed E-state index contributed by atoms with van der Waals surface area (Å²) < 4.78 is 0. The standard InChI is InChI=1S/C6H11Cl2N/c7-5-2-1-4(9)3-6(5)8/h4-6H,1-3,9H2. The maximum absolute atomic E-state index is 5.85. The van der Waals surface area contributed by atoms with Gasteiger partial charge in [0.2, 0.25) is 0 Å². The van der Waals surface area contributed by atoms with Crippen LogP contribution in [0.5, 0.6) is 0 Å². The predicted octanol–water partition coefficient (Wildman–Crippen LogP) is 1.71. The molecule has 3 unspecified atom stereocenters. The summed E-state index contributed by atoms with van der Waals surface area (Å²) in [5.74, 6) is 0. The zero-order valence-electron chi connectivity index (χ0n) is 5.19. The average molecular weight is 168 g/mol. The SMILES string of the molecule is NC1CCC(Cl)C(Cl)C1. The minimum atomic E-state index is 0.0930. The van der Waals surface area contributed by atoms with E-state index in [1.54, 1.807) is 0 Å². The highest BCUT2D eigenvalue weighted by atomic mass is 35.5. The molecule has 1 aliphatic carbocycles. The van der Waals surface area contributed by atoms with Gasteiger partial charge < -0.3 is 5.73 Å². The van der Waals surface area contributed by atoms with Crippen molar-refractivity contribution in [2.24, 2.45) is 5.73 Å². The molecular weight excluding hydrogens is 157 g/mol. The van der Waals surface area contributed by atoms with E-state index in [0.717, 1.165) is 19.3 Å². The van der Waals surface area contributed by atoms with Crippen LogP contribution in [-0.4, -0.2) is 16.8 Å². The molecule has 3 heteroatoms. The van der Waals surface area contributed by atoms with Gasteiger partial charge in [-0.2, -0.15) is 0 Å². The van der Waals surface area contributed by atoms with Crippen molar-refractivity contribution < 1.29 is 0 Å². The summed E-state index contributed by atoms with van der Waals surface area (Å²) in [6.07, 6.45) is 2.87. The topological polar surface area (TPSA) is 26.0 Å². The van der Waals surface area contributed by atoms with Crippen molar-refractivity contribution >= 4 is 23.2 Å². The van der Waals surface area contributed by atoms with Crippen LogP contribution in [0.1, 0.15) is 19.3 Å². The first-order valence-electron chi connectivity index (χ1n) is 3.24. The molecule has 0 aromatic carbocycles. The van der Waals surface area contributed by atoms with Crippen molar-refractivity contribution in [2.45, 2.75) is 36.1 Å². The number of halogens is 2. The average Bonchev–Trinajstić information content (AvgIpc) is 1.80. The summed E-state index contributed by atoms with van der Waals surface area (Å²) >= 11 is 11.7. The Balaban J connectivity index is 2.35. The molecule has 0 radical (unpaired) electrons. The Kier molecular flexibility index (Phi) is 2.62. The van der Waals surface area contributed by atoms with Crippen molar-refractivity contribution in [2.75, 3.05) is 0 Å². The van der Waals surface area contributed by atoms with E-state index in [1.807, 2.05) is 0 Å². The van der Waals surface area contributed by atoms with Gasteiger partial charge in [-0.3, -0.25) is 0 Å². The van der Waals surface area contributed by atoms with Gasteiger partial charge >= 0.3 is 0 Å². The minimum Gasteiger partial charge on any atom is -0.328 e. The zero-order valence-corrected chi connectivity index (χ0v) is 6.70. The zero-order chi connectivity index (χ0) is 6.85. The first-order chi connectivity index (χ1) is 4.20. The molecule has 1 saturated carbocycles. The van der Waals surface area contributed by atoms with Gasteiger partial charge in [0.1, 0.15) is 0 Å². The number of nitrogens with two attached hydrogens (primary N) is 1. The van der Waals surface area contributed by atoms with E-state index in [9.17, 15) is 0 Å². The van der Waals surface area contributed by atoms with Crippen LogP contribution in [0.2, 0.25) is 0 Å². The molecule has 3 atom stereocenters. The van der Waals surface area contributed by atoms with Gasteiger partial charge in [-0.25, -0.2) is 0 Å². The molecule has 2 N–H and O–H groups in total. The van der Waals surface area contributed by atoms with Gasteiger partial charge in [-0.1, -0.05) is 0 Å². The van der Waals surface area contributed by atoms with Gasteiger partial charge in [-0.05, 0) is 19.3 Å². The van der Waals surface area contributed by atoms with E-state index in [2.05, 4.69) is 0 Å². The maximum atomic E-state index is 5.85. The van der Waals surface area contributed by atoms with Crippen LogP contribution in [0.15, 0.2) is 0 Å². The Morgan fingerprint density at radius 3 is 2.22 bits per heavy atom. The lowest BCUT2D eigenvalue weighted by atomic mass is 9.95. The fraction of sp³-hybridized carbons (Fsp3) is 1.00. The Morgan fingerprint density at radius 1 is 1.11 bits per heavy atom. The quantitative estimate of drug-likeness (QED) is 0.547. The van der Waals surface area contributed by atoms with Crippen molar-refractivity contribution in [1.29, 1.82) is 0 Å². The Morgan fingerprint density at radius 2 is 1.78 bits per heavy atom. The summed E-state index contributed by atoms with van der Waals surface area (Å²) in [6, 6.07) is 0.280. The normalized spacial score (nSPS) is 45.0. The van der Waals surface area contributed by atoms with Crippen LogP contribution in [0, 0.1) is 0 Å². The smallest absolute Gasteiger partial charge is 0.0514 e. The fourth-order valence-corrected chi connectivity index (χ4v) is 1.69. The molecule has 0 aliphatic heterocycles. The first-order valence-corrected chi connectivity index (χ1v) is 4.11. The molecule has 0 aromatic heterocycles. The molecule has 1 rings (SSSR count). The molecule has 0 spiro atoms. The maximum Gasteiger partial charge on any atom is 0.0514 e. The molecule has 0 heterocycles. The van der Waals surface area contributed by atoms with Crippen molar-refractivity contribution in [3.05, 3.63) is 0 Å². The predicted molar refractivity (Wildman–Crippen MR) is 41.1 cm³/mol. The van der Waals surface area contributed by atoms with Gasteiger partial charge in [-0.15, -0.1) is 23.2 Å². The molecule has 0 saturated heterocycles. The lowest BCUT2D eigenvalue weighted by molar-refractivity contribution is 0.452. The third-order valence-corrected chi connectivity index (χ3v) is 2.87. The molecule has 0 bridgehead atoms. The largest absolute Gasteiger partial charge is 0.328 e. The van der Waals surface area contributed by atoms with Gasteiger partial charge in [0.15, 0.2) is 0 Å². The second-order valence-electron chi connectivity index (χ2n) is 2.61. The molecule has 1 nitrogen and oxygen atoms in total. The molecule has 0 amide bonds. The van der Waals surface area contributed by atoms with E-state index in [-0.39, 0.29) is 16.8 Å². The van der Waals surface area contributed by atoms with Crippen molar-refractivity contribution in [1.82, 2.24) is 0 Å². The lowest BCUT2D eigenvalue weighted by Crippen LogP contribution is -2.34. The van der Waals surface area contributed by atoms with Crippen LogP contribution < -0.4 is 5.73 Å². The van der Waals surface area contributed by atoms with Crippen LogP contribution in [0.4, 0.5) is 0 Å². The van der Waals surface area contributed by atoms with E-state index < -0.39 is 0 Å². The number of rotatable bonds is 0. The number of hydrogen-bond acceptors (Lipinski definition) is 1. The fourth-order valence-electron chi connectivity index (χ4n) is 1.11. The molecule has 9 heavy (non-hydrogen) atoms. The van der Waals surface area contributed by atoms with Gasteiger partial charge in [0.25, 0.3) is 0 Å². The summed E-state index contributed by atoms with van der Waals surface area (Å²) in [7, 11) is 0. The van der Waals surface area contributed by atoms with Crippen LogP contribution >= 0.6 is 23.2 Å². The highest BCUT2D eigenvalue weighted by Crippen LogP contribution is 2.26. The lowest BCUT2D eigenvalue weighted by Gasteiger charge is -2.26.